The van der Waals surface area contributed by atoms with Crippen LogP contribution in [0.15, 0.2) is 97.8 Å². The molecule has 0 unspecified atom stereocenters. The normalized spacial score (nSPS) is 16.8. The van der Waals surface area contributed by atoms with Gasteiger partial charge in [-0.05, 0) is 159 Å². The number of halogens is 1. The zero-order chi connectivity index (χ0) is 63.5. The fourth-order valence-electron chi connectivity index (χ4n) is 9.58. The number of benzene rings is 2. The molecule has 4 amide bonds. The maximum absolute atomic E-state index is 12.7. The van der Waals surface area contributed by atoms with Gasteiger partial charge in [-0.3, -0.25) is 9.59 Å². The second-order valence-corrected chi connectivity index (χ2v) is 25.0. The van der Waals surface area contributed by atoms with Gasteiger partial charge in [-0.25, -0.2) is 53.7 Å². The van der Waals surface area contributed by atoms with Gasteiger partial charge in [0.25, 0.3) is 11.8 Å². The van der Waals surface area contributed by atoms with E-state index >= 15 is 0 Å². The van der Waals surface area contributed by atoms with Gasteiger partial charge < -0.3 is 50.7 Å². The van der Waals surface area contributed by atoms with Crippen molar-refractivity contribution < 1.29 is 38.0 Å². The third-order valence-electron chi connectivity index (χ3n) is 14.7. The number of ether oxygens (including phenoxy) is 2. The predicted molar refractivity (Wildman–Crippen MR) is 338 cm³/mol. The lowest BCUT2D eigenvalue weighted by Crippen LogP contribution is -2.41. The van der Waals surface area contributed by atoms with Crippen molar-refractivity contribution in [2.24, 2.45) is 0 Å². The fourth-order valence-corrected chi connectivity index (χ4v) is 10.3. The number of fused-ring (bicyclic) bond motifs is 2. The van der Waals surface area contributed by atoms with Crippen molar-refractivity contribution in [2.75, 3.05) is 48.3 Å². The Hall–Kier alpha value is -9.39. The van der Waals surface area contributed by atoms with Crippen LogP contribution in [-0.4, -0.2) is 139 Å². The number of carbonyl (C=O) groups is 4. The highest BCUT2D eigenvalue weighted by molar-refractivity contribution is 14.1. The van der Waals surface area contributed by atoms with Gasteiger partial charge in [0.1, 0.15) is 56.5 Å². The maximum Gasteiger partial charge on any atom is 0.494 e. The van der Waals surface area contributed by atoms with E-state index in [0.717, 1.165) is 26.5 Å². The molecule has 88 heavy (non-hydrogen) atoms. The van der Waals surface area contributed by atoms with E-state index in [1.165, 1.54) is 37.2 Å². The fraction of sp³-hybridized carbons (Fsp3) is 0.367. The quantitative estimate of drug-likeness (QED) is 0.0625. The zero-order valence-electron chi connectivity index (χ0n) is 50.3. The number of carbonyl (C=O) groups excluding carboxylic acids is 4. The molecular formula is C60H66BIN18O8. The maximum atomic E-state index is 12.7. The smallest absolute Gasteiger partial charge is 0.444 e. The summed E-state index contributed by atoms with van der Waals surface area (Å²) in [6.45, 7) is 28.4. The van der Waals surface area contributed by atoms with Crippen molar-refractivity contribution in [3.63, 3.8) is 0 Å². The molecule has 2 aromatic carbocycles. The van der Waals surface area contributed by atoms with E-state index in [2.05, 4.69) is 73.1 Å². The molecule has 3 aliphatic heterocycles. The van der Waals surface area contributed by atoms with Crippen molar-refractivity contribution >= 4 is 110 Å². The van der Waals surface area contributed by atoms with Crippen LogP contribution >= 0.6 is 22.6 Å². The zero-order valence-corrected chi connectivity index (χ0v) is 52.4. The first-order valence-corrected chi connectivity index (χ1v) is 29.2. The van der Waals surface area contributed by atoms with Crippen LogP contribution in [0.25, 0.3) is 38.2 Å². The number of hydrogen-bond donors (Lipinski definition) is 4. The third kappa shape index (κ3) is 14.5. The number of aromatic nitrogens is 10. The summed E-state index contributed by atoms with van der Waals surface area (Å²) in [5.41, 5.74) is 15.4. The van der Waals surface area contributed by atoms with Crippen molar-refractivity contribution in [1.29, 1.82) is 5.26 Å². The molecule has 0 radical (unpaired) electrons. The van der Waals surface area contributed by atoms with Crippen LogP contribution in [0, 0.1) is 21.6 Å². The highest BCUT2D eigenvalue weighted by atomic mass is 127. The van der Waals surface area contributed by atoms with Crippen LogP contribution in [0.5, 0.6) is 0 Å². The Morgan fingerprint density at radius 2 is 1.17 bits per heavy atom. The standard InChI is InChI=1S/C27H27N9O3.C19H20BN3O3.C14H19IN6O2/c1-27(2,3)39-26(38)35-12-10-19(14-35)36-24-21(23(28)31-15-32-24)22(34-36)16-5-7-17(8-6-16)25(37)33-20-13-18(29-4)9-11-30-20;1-18(2)19(3,4)26-20(25-18)15-7-5-14(6-8-15)17(24)23-16-11-13(12-21)9-10-22-16;1-14(2,3)23-13(22)20-5-4-8(6-20)21-12-9(10(15)19-21)11(16)17-7-18-12/h5-9,11,13,15,19H,10,12,14H2,1-3H3,(H2,28,31,32)(H,30,33,37);5-11H,1-4H3,(H,22,23,24);7-8H,4-6H2,1-3H3,(H2,16,17,18)/t19-;;8-/m1.1/s1. The topological polar surface area (TPSA) is 329 Å². The van der Waals surface area contributed by atoms with E-state index in [-0.39, 0.29) is 41.9 Å². The summed E-state index contributed by atoms with van der Waals surface area (Å²) in [5.74, 6) is 0.687. The molecule has 28 heteroatoms. The number of rotatable bonds is 8. The van der Waals surface area contributed by atoms with Crippen LogP contribution in [0.4, 0.5) is 38.5 Å². The van der Waals surface area contributed by atoms with Gasteiger partial charge in [0, 0.05) is 55.3 Å². The predicted octanol–water partition coefficient (Wildman–Crippen LogP) is 9.16. The van der Waals surface area contributed by atoms with E-state index in [9.17, 15) is 19.2 Å². The molecule has 6 aromatic heterocycles. The van der Waals surface area contributed by atoms with E-state index < -0.39 is 29.5 Å². The molecule has 0 spiro atoms. The average Bonchev–Trinajstić information content (AvgIpc) is 3.53. The van der Waals surface area contributed by atoms with Gasteiger partial charge in [-0.2, -0.15) is 15.5 Å². The number of nitrogens with one attached hydrogen (secondary N) is 2. The molecule has 3 fully saturated rings. The third-order valence-corrected chi connectivity index (χ3v) is 15.4. The summed E-state index contributed by atoms with van der Waals surface area (Å²) in [4.78, 5) is 81.7. The summed E-state index contributed by atoms with van der Waals surface area (Å²) < 4.78 is 27.4. The van der Waals surface area contributed by atoms with E-state index in [0.29, 0.717) is 94.8 Å². The number of likely N-dealkylation sites (tertiary alicyclic amines) is 2. The molecule has 6 N–H and O–H groups in total. The van der Waals surface area contributed by atoms with Gasteiger partial charge in [0.05, 0.1) is 52.3 Å². The van der Waals surface area contributed by atoms with Gasteiger partial charge in [-0.1, -0.05) is 24.3 Å². The number of anilines is 4. The molecule has 2 atom stereocenters. The highest BCUT2D eigenvalue weighted by Crippen LogP contribution is 2.38. The van der Waals surface area contributed by atoms with Crippen molar-refractivity contribution in [1.82, 2.24) is 59.3 Å². The first-order chi connectivity index (χ1) is 41.6. The monoisotopic (exact) mass is 1300 g/mol. The highest BCUT2D eigenvalue weighted by Gasteiger charge is 2.51. The Labute approximate surface area is 521 Å². The SMILES string of the molecule is CC(C)(C)OC(=O)N1CC[C@@H](n2nc(I)c3c(N)ncnc32)C1.CC1(C)OB(c2ccc(C(=O)Nc3cc(C#N)ccn3)cc2)OC1(C)C.[C-]#[N+]c1ccnc(NC(=O)c2ccc(-c3nn([C@@H]4CCN(C(=O)OC(C)(C)C)C4)c4ncnc(N)c34)cc2)c1. The molecule has 8 aromatic rings. The van der Waals surface area contributed by atoms with Crippen LogP contribution < -0.4 is 27.6 Å². The van der Waals surface area contributed by atoms with E-state index in [1.54, 1.807) is 63.0 Å². The largest absolute Gasteiger partial charge is 0.494 e. The number of amides is 4. The summed E-state index contributed by atoms with van der Waals surface area (Å²) in [7, 11) is -0.467. The summed E-state index contributed by atoms with van der Waals surface area (Å²) in [5, 5.41) is 25.1. The number of nitrogens with zero attached hydrogens (tertiary/aromatic N) is 14. The molecule has 3 aliphatic rings. The van der Waals surface area contributed by atoms with Crippen molar-refractivity contribution in [3.05, 3.63) is 130 Å². The lowest BCUT2D eigenvalue weighted by atomic mass is 9.79. The summed E-state index contributed by atoms with van der Waals surface area (Å²) in [6, 6.07) is 22.1. The molecule has 11 rings (SSSR count). The molecule has 0 aliphatic carbocycles. The Kier molecular flexibility index (Phi) is 18.3. The minimum atomic E-state index is -0.580. The molecular weight excluding hydrogens is 1240 g/mol. The Morgan fingerprint density at radius 1 is 0.693 bits per heavy atom. The molecule has 9 heterocycles. The minimum absolute atomic E-state index is 0.0582. The average molecular weight is 1310 g/mol. The van der Waals surface area contributed by atoms with Crippen LogP contribution in [0.3, 0.4) is 0 Å². The lowest BCUT2D eigenvalue weighted by molar-refractivity contribution is 0.00578. The molecule has 26 nitrogen and oxygen atoms in total. The molecule has 3 saturated heterocycles. The number of nitrogens with two attached hydrogens (primary N) is 2. The van der Waals surface area contributed by atoms with Gasteiger partial charge >= 0.3 is 19.3 Å². The van der Waals surface area contributed by atoms with Crippen LogP contribution in [-0.2, 0) is 18.8 Å². The Morgan fingerprint density at radius 3 is 1.68 bits per heavy atom. The van der Waals surface area contributed by atoms with Crippen LogP contribution in [0.2, 0.25) is 0 Å². The van der Waals surface area contributed by atoms with Gasteiger partial charge in [-0.15, -0.1) is 0 Å². The first kappa shape index (κ1) is 63.1. The second-order valence-electron chi connectivity index (χ2n) is 23.9. The summed E-state index contributed by atoms with van der Waals surface area (Å²) >= 11 is 2.13. The number of nitrogen functional groups attached to an aromatic ring is 2. The van der Waals surface area contributed by atoms with Crippen molar-refractivity contribution in [2.45, 2.75) is 117 Å². The van der Waals surface area contributed by atoms with E-state index in [1.807, 2.05) is 92.1 Å². The van der Waals surface area contributed by atoms with E-state index in [4.69, 9.17) is 47.2 Å². The van der Waals surface area contributed by atoms with Crippen molar-refractivity contribution in [3.8, 4) is 17.3 Å². The first-order valence-electron chi connectivity index (χ1n) is 28.1. The lowest BCUT2D eigenvalue weighted by Gasteiger charge is -2.32. The summed E-state index contributed by atoms with van der Waals surface area (Å²) in [6.07, 6.45) is 6.61. The molecule has 0 saturated carbocycles. The number of hydrogen-bond acceptors (Lipinski definition) is 19. The minimum Gasteiger partial charge on any atom is -0.444 e. The van der Waals surface area contributed by atoms with Gasteiger partial charge in [0.15, 0.2) is 17.0 Å². The molecule has 0 bridgehead atoms. The Balaban J connectivity index is 0.000000165. The second kappa shape index (κ2) is 25.5. The number of nitriles is 1. The van der Waals surface area contributed by atoms with Gasteiger partial charge in [0.2, 0.25) is 0 Å². The molecule has 454 valence electrons. The Bertz CT molecular complexity index is 4000. The van der Waals surface area contributed by atoms with Crippen LogP contribution in [0.1, 0.15) is 120 Å². The number of pyridine rings is 2.